The summed E-state index contributed by atoms with van der Waals surface area (Å²) in [4.78, 5) is 4.75. The summed E-state index contributed by atoms with van der Waals surface area (Å²) in [6.45, 7) is 4.67. The molecule has 1 N–H and O–H groups in total. The number of halogens is 1. The minimum Gasteiger partial charge on any atom is -0.493 e. The van der Waals surface area contributed by atoms with Crippen LogP contribution in [0.4, 0.5) is 11.4 Å². The highest BCUT2D eigenvalue weighted by atomic mass is 79.9. The largest absolute Gasteiger partial charge is 0.493 e. The second-order valence-electron chi connectivity index (χ2n) is 10.7. The normalized spacial score (nSPS) is 19.2. The van der Waals surface area contributed by atoms with Crippen LogP contribution < -0.4 is 14.8 Å². The van der Waals surface area contributed by atoms with Gasteiger partial charge in [0, 0.05) is 17.8 Å². The van der Waals surface area contributed by atoms with Crippen molar-refractivity contribution in [3.05, 3.63) is 129 Å². The first-order valence-electron chi connectivity index (χ1n) is 13.7. The van der Waals surface area contributed by atoms with Crippen LogP contribution in [-0.2, 0) is 6.61 Å². The average Bonchev–Trinajstić information content (AvgIpc) is 3.45. The molecular formula is C35H33BrN2O2. The number of methoxy groups -OCH3 is 1. The number of benzene rings is 4. The summed E-state index contributed by atoms with van der Waals surface area (Å²) in [6, 6.07) is 28.0. The molecule has 3 atom stereocenters. The number of para-hydroxylation sites is 1. The van der Waals surface area contributed by atoms with Crippen LogP contribution in [0.2, 0.25) is 0 Å². The topological polar surface area (TPSA) is 42.8 Å². The molecule has 202 valence electrons. The Kier molecular flexibility index (Phi) is 7.48. The van der Waals surface area contributed by atoms with Gasteiger partial charge in [0.25, 0.3) is 0 Å². The first-order chi connectivity index (χ1) is 19.5. The summed E-state index contributed by atoms with van der Waals surface area (Å²) >= 11 is 3.68. The number of allylic oxidation sites excluding steroid dienone is 2. The third-order valence-electron chi connectivity index (χ3n) is 7.80. The molecule has 0 unspecified atom stereocenters. The van der Waals surface area contributed by atoms with E-state index < -0.39 is 0 Å². The van der Waals surface area contributed by atoms with Gasteiger partial charge in [-0.2, -0.15) is 0 Å². The molecule has 1 aliphatic heterocycles. The smallest absolute Gasteiger partial charge is 0.175 e. The van der Waals surface area contributed by atoms with Gasteiger partial charge < -0.3 is 14.8 Å². The van der Waals surface area contributed by atoms with Crippen molar-refractivity contribution in [1.29, 1.82) is 0 Å². The number of hydrogen-bond donors (Lipinski definition) is 1. The Morgan fingerprint density at radius 1 is 0.975 bits per heavy atom. The average molecular weight is 594 g/mol. The van der Waals surface area contributed by atoms with E-state index in [4.69, 9.17) is 14.5 Å². The van der Waals surface area contributed by atoms with E-state index in [1.807, 2.05) is 18.3 Å². The van der Waals surface area contributed by atoms with E-state index in [1.54, 1.807) is 7.11 Å². The number of ether oxygens (including phenoxy) is 2. The minimum absolute atomic E-state index is 0.282. The molecule has 0 radical (unpaired) electrons. The molecule has 4 aromatic carbocycles. The van der Waals surface area contributed by atoms with E-state index in [1.165, 1.54) is 27.9 Å². The Bertz CT molecular complexity index is 1570. The number of aryl methyl sites for hydroxylation is 2. The summed E-state index contributed by atoms with van der Waals surface area (Å²) in [6.07, 6.45) is 7.67. The van der Waals surface area contributed by atoms with Crippen LogP contribution >= 0.6 is 15.9 Å². The summed E-state index contributed by atoms with van der Waals surface area (Å²) < 4.78 is 12.7. The second-order valence-corrected chi connectivity index (χ2v) is 11.6. The van der Waals surface area contributed by atoms with Crippen molar-refractivity contribution < 1.29 is 9.47 Å². The fraction of sp³-hybridized carbons (Fsp3) is 0.229. The van der Waals surface area contributed by atoms with Crippen molar-refractivity contribution in [2.75, 3.05) is 12.4 Å². The lowest BCUT2D eigenvalue weighted by atomic mass is 9.77. The maximum absolute atomic E-state index is 6.17. The van der Waals surface area contributed by atoms with Gasteiger partial charge in [0.05, 0.1) is 23.3 Å². The lowest BCUT2D eigenvalue weighted by Gasteiger charge is -2.37. The molecule has 4 nitrogen and oxygen atoms in total. The number of aliphatic imine (C=N–C) groups is 1. The Hall–Kier alpha value is -3.83. The van der Waals surface area contributed by atoms with Gasteiger partial charge in [0.2, 0.25) is 0 Å². The van der Waals surface area contributed by atoms with Crippen molar-refractivity contribution in [3.63, 3.8) is 0 Å². The third kappa shape index (κ3) is 5.44. The Labute approximate surface area is 244 Å². The molecule has 0 bridgehead atoms. The SMILES string of the molecule is COc1cc(C=Nc2ccc([C@@H]3Nc4ccccc4[C@H]4C=CC[C@@H]43)cc2)cc(Br)c1OCc1cc(C)cc(C)c1. The van der Waals surface area contributed by atoms with Gasteiger partial charge in [0.1, 0.15) is 6.61 Å². The van der Waals surface area contributed by atoms with Crippen LogP contribution in [0.1, 0.15) is 51.8 Å². The molecule has 0 saturated carbocycles. The molecule has 5 heteroatoms. The summed E-state index contributed by atoms with van der Waals surface area (Å²) in [5.41, 5.74) is 9.36. The molecule has 4 aromatic rings. The van der Waals surface area contributed by atoms with Crippen molar-refractivity contribution in [2.45, 2.75) is 38.8 Å². The molecule has 0 fully saturated rings. The van der Waals surface area contributed by atoms with Crippen LogP contribution in [0, 0.1) is 19.8 Å². The highest BCUT2D eigenvalue weighted by Gasteiger charge is 2.37. The van der Waals surface area contributed by atoms with E-state index in [9.17, 15) is 0 Å². The fourth-order valence-corrected chi connectivity index (χ4v) is 6.63. The monoisotopic (exact) mass is 592 g/mol. The molecule has 40 heavy (non-hydrogen) atoms. The Balaban J connectivity index is 1.17. The standard InChI is InChI=1S/C35H33BrN2O2/c1-22-15-23(2)17-25(16-22)21-40-35-31(36)18-24(19-33(35)39-3)20-37-27-13-11-26(12-14-27)34-30-9-6-8-28(30)29-7-4-5-10-32(29)38-34/h4-8,10-20,28,30,34,38H,9,21H2,1-3H3/t28-,30+,34+/m1/s1. The maximum atomic E-state index is 6.17. The van der Waals surface area contributed by atoms with Gasteiger partial charge in [0.15, 0.2) is 11.5 Å². The predicted octanol–water partition coefficient (Wildman–Crippen LogP) is 9.23. The van der Waals surface area contributed by atoms with Crippen molar-refractivity contribution in [2.24, 2.45) is 10.9 Å². The molecular weight excluding hydrogens is 560 g/mol. The molecule has 0 amide bonds. The van der Waals surface area contributed by atoms with Gasteiger partial charge in [-0.15, -0.1) is 0 Å². The summed E-state index contributed by atoms with van der Waals surface area (Å²) in [5, 5.41) is 3.80. The number of hydrogen-bond acceptors (Lipinski definition) is 4. The first kappa shape index (κ1) is 26.4. The Morgan fingerprint density at radius 3 is 2.52 bits per heavy atom. The molecule has 2 aliphatic rings. The number of fused-ring (bicyclic) bond motifs is 3. The molecule has 0 spiro atoms. The fourth-order valence-electron chi connectivity index (χ4n) is 6.05. The Morgan fingerprint density at radius 2 is 1.75 bits per heavy atom. The highest BCUT2D eigenvalue weighted by Crippen LogP contribution is 2.49. The van der Waals surface area contributed by atoms with Gasteiger partial charge >= 0.3 is 0 Å². The highest BCUT2D eigenvalue weighted by molar-refractivity contribution is 9.10. The molecule has 1 heterocycles. The molecule has 1 aliphatic carbocycles. The van der Waals surface area contributed by atoms with Gasteiger partial charge in [-0.1, -0.05) is 71.8 Å². The van der Waals surface area contributed by atoms with E-state index >= 15 is 0 Å². The van der Waals surface area contributed by atoms with Crippen molar-refractivity contribution >= 4 is 33.5 Å². The zero-order valence-corrected chi connectivity index (χ0v) is 24.6. The van der Waals surface area contributed by atoms with E-state index in [-0.39, 0.29) is 6.04 Å². The number of anilines is 1. The van der Waals surface area contributed by atoms with Crippen molar-refractivity contribution in [3.8, 4) is 11.5 Å². The second kappa shape index (κ2) is 11.3. The van der Waals surface area contributed by atoms with E-state index in [0.29, 0.717) is 29.9 Å². The zero-order valence-electron chi connectivity index (χ0n) is 23.0. The van der Waals surface area contributed by atoms with Crippen LogP contribution in [0.15, 0.2) is 100 Å². The van der Waals surface area contributed by atoms with E-state index in [0.717, 1.165) is 27.7 Å². The van der Waals surface area contributed by atoms with E-state index in [2.05, 4.69) is 114 Å². The number of nitrogens with one attached hydrogen (secondary N) is 1. The molecule has 0 saturated heterocycles. The van der Waals surface area contributed by atoms with Crippen LogP contribution in [0.3, 0.4) is 0 Å². The predicted molar refractivity (Wildman–Crippen MR) is 167 cm³/mol. The molecule has 0 aromatic heterocycles. The van der Waals surface area contributed by atoms with Crippen LogP contribution in [0.5, 0.6) is 11.5 Å². The summed E-state index contributed by atoms with van der Waals surface area (Å²) in [5.74, 6) is 2.36. The van der Waals surface area contributed by atoms with Crippen molar-refractivity contribution in [1.82, 2.24) is 0 Å². The van der Waals surface area contributed by atoms with Gasteiger partial charge in [-0.25, -0.2) is 0 Å². The lowest BCUT2D eigenvalue weighted by molar-refractivity contribution is 0.282. The zero-order chi connectivity index (χ0) is 27.6. The summed E-state index contributed by atoms with van der Waals surface area (Å²) in [7, 11) is 1.66. The number of rotatable bonds is 7. The lowest BCUT2D eigenvalue weighted by Crippen LogP contribution is -2.28. The molecule has 6 rings (SSSR count). The van der Waals surface area contributed by atoms with Crippen LogP contribution in [0.25, 0.3) is 0 Å². The maximum Gasteiger partial charge on any atom is 0.175 e. The quantitative estimate of drug-likeness (QED) is 0.172. The first-order valence-corrected chi connectivity index (χ1v) is 14.5. The third-order valence-corrected chi connectivity index (χ3v) is 8.39. The van der Waals surface area contributed by atoms with Gasteiger partial charge in [-0.3, -0.25) is 4.99 Å². The van der Waals surface area contributed by atoms with Gasteiger partial charge in [-0.05, 0) is 94.7 Å². The minimum atomic E-state index is 0.282. The number of nitrogens with zero attached hydrogens (tertiary/aromatic N) is 1. The van der Waals surface area contributed by atoms with Crippen LogP contribution in [-0.4, -0.2) is 13.3 Å².